The lowest BCUT2D eigenvalue weighted by Crippen LogP contribution is -2.41. The number of carbonyl (C=O) groups is 1. The second-order valence-electron chi connectivity index (χ2n) is 9.10. The van der Waals surface area contributed by atoms with Crippen LogP contribution in [0.15, 0.2) is 24.5 Å². The van der Waals surface area contributed by atoms with Gasteiger partial charge < -0.3 is 9.67 Å². The molecule has 1 N–H and O–H groups in total. The summed E-state index contributed by atoms with van der Waals surface area (Å²) in [6.45, 7) is 7.16. The molecule has 0 radical (unpaired) electrons. The normalized spacial score (nSPS) is 16.9. The van der Waals surface area contributed by atoms with Gasteiger partial charge in [0.2, 0.25) is 0 Å². The number of carbonyl (C=O) groups excluding carboxylic acids is 1. The number of anilines is 1. The van der Waals surface area contributed by atoms with Crippen molar-refractivity contribution in [2.45, 2.75) is 46.8 Å². The lowest BCUT2D eigenvalue weighted by Gasteiger charge is -2.30. The Morgan fingerprint density at radius 3 is 2.81 bits per heavy atom. The second kappa shape index (κ2) is 6.79. The highest BCUT2D eigenvalue weighted by molar-refractivity contribution is 6.06. The molecule has 2 aliphatic rings. The molecule has 1 amide bonds. The van der Waals surface area contributed by atoms with Gasteiger partial charge in [-0.25, -0.2) is 9.67 Å². The summed E-state index contributed by atoms with van der Waals surface area (Å²) >= 11 is 0. The van der Waals surface area contributed by atoms with Crippen LogP contribution in [0.25, 0.3) is 5.69 Å². The molecule has 0 spiro atoms. The van der Waals surface area contributed by atoms with Crippen LogP contribution in [-0.4, -0.2) is 36.9 Å². The summed E-state index contributed by atoms with van der Waals surface area (Å²) in [6, 6.07) is 5.87. The van der Waals surface area contributed by atoms with Crippen molar-refractivity contribution in [1.29, 1.82) is 5.26 Å². The van der Waals surface area contributed by atoms with Gasteiger partial charge in [0, 0.05) is 36.7 Å². The van der Waals surface area contributed by atoms with Gasteiger partial charge in [0.05, 0.1) is 23.6 Å². The highest BCUT2D eigenvalue weighted by Crippen LogP contribution is 2.39. The van der Waals surface area contributed by atoms with Gasteiger partial charge in [0.25, 0.3) is 5.91 Å². The van der Waals surface area contributed by atoms with Crippen LogP contribution in [0.4, 0.5) is 5.82 Å². The van der Waals surface area contributed by atoms with Crippen molar-refractivity contribution in [2.24, 2.45) is 5.41 Å². The number of hydrogen-bond donors (Lipinski definition) is 1. The summed E-state index contributed by atoms with van der Waals surface area (Å²) in [6.07, 6.45) is 5.19. The topological polar surface area (TPSA) is 100.0 Å². The van der Waals surface area contributed by atoms with Crippen molar-refractivity contribution < 1.29 is 9.90 Å². The molecule has 0 saturated heterocycles. The SMILES string of the molecule is Cc1nn(-c2ccnc(N3CCn4c(cc5c4CC(C)(C)C5)C3=O)c2CO)cc1C#N. The van der Waals surface area contributed by atoms with Crippen LogP contribution in [-0.2, 0) is 26.0 Å². The van der Waals surface area contributed by atoms with Gasteiger partial charge in [-0.05, 0) is 42.9 Å². The van der Waals surface area contributed by atoms with E-state index in [0.717, 1.165) is 12.8 Å². The van der Waals surface area contributed by atoms with Crippen LogP contribution in [0.2, 0.25) is 0 Å². The van der Waals surface area contributed by atoms with Crippen molar-refractivity contribution in [3.8, 4) is 11.8 Å². The van der Waals surface area contributed by atoms with Crippen molar-refractivity contribution in [1.82, 2.24) is 19.3 Å². The molecule has 1 aliphatic heterocycles. The number of fused-ring (bicyclic) bond motifs is 3. The number of aryl methyl sites for hydroxylation is 1. The van der Waals surface area contributed by atoms with Gasteiger partial charge in [-0.1, -0.05) is 13.8 Å². The lowest BCUT2D eigenvalue weighted by atomic mass is 9.90. The molecular weight excluding hydrogens is 392 g/mol. The molecule has 0 unspecified atom stereocenters. The summed E-state index contributed by atoms with van der Waals surface area (Å²) in [7, 11) is 0. The third kappa shape index (κ3) is 2.96. The van der Waals surface area contributed by atoms with E-state index in [4.69, 9.17) is 0 Å². The molecule has 5 rings (SSSR count). The maximum Gasteiger partial charge on any atom is 0.276 e. The van der Waals surface area contributed by atoms with Crippen LogP contribution in [0.5, 0.6) is 0 Å². The van der Waals surface area contributed by atoms with E-state index in [9.17, 15) is 15.2 Å². The number of pyridine rings is 1. The first-order valence-electron chi connectivity index (χ1n) is 10.4. The number of nitrogens with zero attached hydrogens (tertiary/aromatic N) is 6. The molecule has 158 valence electrons. The first kappa shape index (κ1) is 19.5. The Labute approximate surface area is 180 Å². The fraction of sp³-hybridized carbons (Fsp3) is 0.391. The first-order valence-corrected chi connectivity index (χ1v) is 10.4. The summed E-state index contributed by atoms with van der Waals surface area (Å²) in [5.41, 5.74) is 5.64. The highest BCUT2D eigenvalue weighted by atomic mass is 16.3. The second-order valence-corrected chi connectivity index (χ2v) is 9.10. The molecule has 8 nitrogen and oxygen atoms in total. The number of aromatic nitrogens is 4. The van der Waals surface area contributed by atoms with Crippen LogP contribution < -0.4 is 4.90 Å². The molecule has 31 heavy (non-hydrogen) atoms. The summed E-state index contributed by atoms with van der Waals surface area (Å²) in [5.74, 6) is 0.330. The smallest absolute Gasteiger partial charge is 0.276 e. The average molecular weight is 416 g/mol. The van der Waals surface area contributed by atoms with Gasteiger partial charge in [-0.3, -0.25) is 9.69 Å². The van der Waals surface area contributed by atoms with Gasteiger partial charge >= 0.3 is 0 Å². The third-order valence-corrected chi connectivity index (χ3v) is 6.31. The predicted octanol–water partition coefficient (Wildman–Crippen LogP) is 2.53. The Hall–Kier alpha value is -3.44. The van der Waals surface area contributed by atoms with Crippen LogP contribution >= 0.6 is 0 Å². The molecule has 0 bridgehead atoms. The zero-order chi connectivity index (χ0) is 21.9. The van der Waals surface area contributed by atoms with Crippen LogP contribution in [0, 0.1) is 23.7 Å². The number of aliphatic hydroxyl groups excluding tert-OH is 1. The minimum Gasteiger partial charge on any atom is -0.391 e. The van der Waals surface area contributed by atoms with E-state index in [1.165, 1.54) is 11.3 Å². The maximum absolute atomic E-state index is 13.4. The standard InChI is InChI=1S/C23H24N6O2/c1-14-16(11-24)12-29(26-14)18-4-5-25-21(17(18)13-30)28-7-6-27-19(22(28)31)8-15-9-23(2,3)10-20(15)27/h4-5,8,12,30H,6-7,9-10,13H2,1-3H3. The van der Waals surface area contributed by atoms with E-state index < -0.39 is 0 Å². The van der Waals surface area contributed by atoms with Crippen LogP contribution in [0.3, 0.4) is 0 Å². The fourth-order valence-corrected chi connectivity index (χ4v) is 4.88. The van der Waals surface area contributed by atoms with Gasteiger partial charge in [-0.2, -0.15) is 10.4 Å². The number of nitriles is 1. The van der Waals surface area contributed by atoms with E-state index in [2.05, 4.69) is 34.6 Å². The fourth-order valence-electron chi connectivity index (χ4n) is 4.88. The van der Waals surface area contributed by atoms with Crippen molar-refractivity contribution >= 4 is 11.7 Å². The lowest BCUT2D eigenvalue weighted by molar-refractivity contribution is 0.0962. The Bertz CT molecular complexity index is 1260. The zero-order valence-electron chi connectivity index (χ0n) is 17.9. The van der Waals surface area contributed by atoms with E-state index in [1.807, 2.05) is 6.07 Å². The van der Waals surface area contributed by atoms with E-state index in [1.54, 1.807) is 35.0 Å². The van der Waals surface area contributed by atoms with E-state index in [-0.39, 0.29) is 17.9 Å². The molecule has 3 aromatic heterocycles. The maximum atomic E-state index is 13.4. The Morgan fingerprint density at radius 2 is 2.10 bits per heavy atom. The van der Waals surface area contributed by atoms with Gasteiger partial charge in [0.1, 0.15) is 17.6 Å². The average Bonchev–Trinajstić information content (AvgIpc) is 3.37. The number of aliphatic hydroxyl groups is 1. The Balaban J connectivity index is 1.55. The number of hydrogen-bond acceptors (Lipinski definition) is 5. The van der Waals surface area contributed by atoms with Crippen molar-refractivity contribution in [3.05, 3.63) is 58.3 Å². The molecule has 0 aromatic carbocycles. The van der Waals surface area contributed by atoms with E-state index in [0.29, 0.717) is 47.1 Å². The molecule has 0 saturated carbocycles. The number of rotatable bonds is 3. The first-order chi connectivity index (χ1) is 14.8. The summed E-state index contributed by atoms with van der Waals surface area (Å²) < 4.78 is 3.72. The summed E-state index contributed by atoms with van der Waals surface area (Å²) in [4.78, 5) is 19.5. The molecule has 0 atom stereocenters. The zero-order valence-corrected chi connectivity index (χ0v) is 17.9. The predicted molar refractivity (Wildman–Crippen MR) is 114 cm³/mol. The minimum absolute atomic E-state index is 0.104. The summed E-state index contributed by atoms with van der Waals surface area (Å²) in [5, 5.41) is 23.8. The quantitative estimate of drug-likeness (QED) is 0.707. The van der Waals surface area contributed by atoms with Gasteiger partial charge in [-0.15, -0.1) is 0 Å². The molecule has 4 heterocycles. The molecule has 0 fully saturated rings. The Morgan fingerprint density at radius 1 is 1.29 bits per heavy atom. The molecular formula is C23H24N6O2. The number of amides is 1. The van der Waals surface area contributed by atoms with Crippen molar-refractivity contribution in [3.63, 3.8) is 0 Å². The third-order valence-electron chi connectivity index (χ3n) is 6.31. The monoisotopic (exact) mass is 416 g/mol. The Kier molecular flexibility index (Phi) is 4.27. The van der Waals surface area contributed by atoms with Crippen LogP contribution in [0.1, 0.15) is 52.4 Å². The molecule has 1 aliphatic carbocycles. The van der Waals surface area contributed by atoms with E-state index >= 15 is 0 Å². The molecule has 3 aromatic rings. The largest absolute Gasteiger partial charge is 0.391 e. The minimum atomic E-state index is -0.297. The highest BCUT2D eigenvalue weighted by Gasteiger charge is 2.37. The molecule has 8 heteroatoms. The van der Waals surface area contributed by atoms with Crippen molar-refractivity contribution in [2.75, 3.05) is 11.4 Å². The van der Waals surface area contributed by atoms with Gasteiger partial charge in [0.15, 0.2) is 0 Å².